The predicted molar refractivity (Wildman–Crippen MR) is 76.2 cm³/mol. The van der Waals surface area contributed by atoms with Gasteiger partial charge in [-0.3, -0.25) is 9.78 Å². The van der Waals surface area contributed by atoms with Gasteiger partial charge in [-0.2, -0.15) is 5.26 Å². The zero-order valence-corrected chi connectivity index (χ0v) is 11.4. The van der Waals surface area contributed by atoms with Crippen LogP contribution in [0.4, 0.5) is 4.39 Å². The van der Waals surface area contributed by atoms with Crippen molar-refractivity contribution in [2.75, 3.05) is 0 Å². The van der Waals surface area contributed by atoms with Gasteiger partial charge in [-0.15, -0.1) is 0 Å². The summed E-state index contributed by atoms with van der Waals surface area (Å²) >= 11 is 0. The van der Waals surface area contributed by atoms with Crippen molar-refractivity contribution in [2.24, 2.45) is 0 Å². The number of fused-ring (bicyclic) bond motifs is 1. The molecular weight excluding hydrogens is 269 g/mol. The topological polar surface area (TPSA) is 69.5 Å². The van der Waals surface area contributed by atoms with Gasteiger partial charge in [0.15, 0.2) is 0 Å². The Morgan fingerprint density at radius 2 is 2.10 bits per heavy atom. The average molecular weight is 283 g/mol. The molecule has 1 aliphatic rings. The molecule has 106 valence electrons. The molecule has 0 spiro atoms. The molecule has 0 unspecified atom stereocenters. The van der Waals surface area contributed by atoms with Crippen molar-refractivity contribution in [1.82, 2.24) is 9.97 Å². The minimum Gasteiger partial charge on any atom is -0.325 e. The van der Waals surface area contributed by atoms with E-state index in [9.17, 15) is 14.4 Å². The molecule has 0 radical (unpaired) electrons. The van der Waals surface area contributed by atoms with E-state index in [1.165, 1.54) is 12.3 Å². The number of aryl methyl sites for hydroxylation is 1. The summed E-state index contributed by atoms with van der Waals surface area (Å²) in [7, 11) is 0. The molecule has 0 amide bonds. The lowest BCUT2D eigenvalue weighted by Crippen LogP contribution is -2.17. The fourth-order valence-corrected chi connectivity index (χ4v) is 2.94. The van der Waals surface area contributed by atoms with Gasteiger partial charge in [0.05, 0.1) is 6.20 Å². The molecule has 21 heavy (non-hydrogen) atoms. The Labute approximate surface area is 121 Å². The Bertz CT molecular complexity index is 789. The number of hydrogen-bond acceptors (Lipinski definition) is 3. The number of aromatic amines is 1. The van der Waals surface area contributed by atoms with Crippen LogP contribution in [0.25, 0.3) is 11.1 Å². The maximum absolute atomic E-state index is 14.1. The van der Waals surface area contributed by atoms with E-state index in [1.54, 1.807) is 0 Å². The quantitative estimate of drug-likeness (QED) is 0.818. The van der Waals surface area contributed by atoms with E-state index in [-0.39, 0.29) is 11.1 Å². The molecule has 0 saturated carbocycles. The second-order valence-corrected chi connectivity index (χ2v) is 5.19. The van der Waals surface area contributed by atoms with Gasteiger partial charge in [0, 0.05) is 23.0 Å². The predicted octanol–water partition coefficient (Wildman–Crippen LogP) is 2.72. The van der Waals surface area contributed by atoms with Crippen molar-refractivity contribution < 1.29 is 4.39 Å². The number of pyridine rings is 2. The summed E-state index contributed by atoms with van der Waals surface area (Å²) in [6.45, 7) is 0. The van der Waals surface area contributed by atoms with Crippen LogP contribution in [0.5, 0.6) is 0 Å². The van der Waals surface area contributed by atoms with Crippen LogP contribution in [-0.4, -0.2) is 9.97 Å². The van der Waals surface area contributed by atoms with Gasteiger partial charge in [-0.05, 0) is 37.3 Å². The highest BCUT2D eigenvalue weighted by Crippen LogP contribution is 2.32. The maximum atomic E-state index is 14.1. The monoisotopic (exact) mass is 283 g/mol. The van der Waals surface area contributed by atoms with Gasteiger partial charge in [0.2, 0.25) is 0 Å². The minimum absolute atomic E-state index is 0.0132. The first-order valence-electron chi connectivity index (χ1n) is 7.00. The number of aromatic nitrogens is 2. The highest BCUT2D eigenvalue weighted by molar-refractivity contribution is 5.74. The molecule has 2 aromatic rings. The number of H-pyrrole nitrogens is 1. The summed E-state index contributed by atoms with van der Waals surface area (Å²) < 4.78 is 14.1. The third-order valence-corrected chi connectivity index (χ3v) is 3.91. The summed E-state index contributed by atoms with van der Waals surface area (Å²) in [4.78, 5) is 18.7. The smallest absolute Gasteiger partial charge is 0.266 e. The number of rotatable bonds is 1. The van der Waals surface area contributed by atoms with E-state index in [0.29, 0.717) is 5.56 Å². The third-order valence-electron chi connectivity index (χ3n) is 3.91. The van der Waals surface area contributed by atoms with Crippen LogP contribution in [-0.2, 0) is 12.8 Å². The molecule has 0 saturated heterocycles. The molecule has 0 aromatic carbocycles. The fraction of sp³-hybridized carbons (Fsp3) is 0.312. The zero-order valence-electron chi connectivity index (χ0n) is 11.4. The number of halogens is 1. The fourth-order valence-electron chi connectivity index (χ4n) is 2.94. The Morgan fingerprint density at radius 1 is 1.29 bits per heavy atom. The molecule has 4 nitrogen and oxygen atoms in total. The summed E-state index contributed by atoms with van der Waals surface area (Å²) in [5.41, 5.74) is 2.01. The molecule has 1 N–H and O–H groups in total. The van der Waals surface area contributed by atoms with Crippen LogP contribution in [0, 0.1) is 17.1 Å². The van der Waals surface area contributed by atoms with E-state index in [2.05, 4.69) is 9.97 Å². The van der Waals surface area contributed by atoms with Crippen LogP contribution in [0.2, 0.25) is 0 Å². The molecule has 1 aliphatic carbocycles. The van der Waals surface area contributed by atoms with Crippen molar-refractivity contribution in [3.63, 3.8) is 0 Å². The number of nitrogens with one attached hydrogen (secondary N) is 1. The van der Waals surface area contributed by atoms with Crippen molar-refractivity contribution in [1.29, 1.82) is 5.26 Å². The number of hydrogen-bond donors (Lipinski definition) is 1. The average Bonchev–Trinajstić information content (AvgIpc) is 2.71. The van der Waals surface area contributed by atoms with Crippen LogP contribution in [0.3, 0.4) is 0 Å². The molecule has 2 aromatic heterocycles. The summed E-state index contributed by atoms with van der Waals surface area (Å²) in [5, 5.41) is 9.32. The van der Waals surface area contributed by atoms with Crippen LogP contribution < -0.4 is 5.56 Å². The van der Waals surface area contributed by atoms with Gasteiger partial charge in [-0.1, -0.05) is 6.42 Å². The lowest BCUT2D eigenvalue weighted by Gasteiger charge is -2.14. The van der Waals surface area contributed by atoms with Crippen molar-refractivity contribution in [3.8, 4) is 17.2 Å². The van der Waals surface area contributed by atoms with Crippen LogP contribution >= 0.6 is 0 Å². The second kappa shape index (κ2) is 5.49. The van der Waals surface area contributed by atoms with E-state index >= 15 is 0 Å². The normalized spacial score (nSPS) is 14.1. The Hall–Kier alpha value is -2.48. The van der Waals surface area contributed by atoms with Gasteiger partial charge < -0.3 is 4.98 Å². The van der Waals surface area contributed by atoms with Crippen molar-refractivity contribution >= 4 is 0 Å². The van der Waals surface area contributed by atoms with Crippen LogP contribution in [0.15, 0.2) is 23.3 Å². The van der Waals surface area contributed by atoms with E-state index < -0.39 is 11.4 Å². The van der Waals surface area contributed by atoms with Gasteiger partial charge in [0.25, 0.3) is 5.56 Å². The van der Waals surface area contributed by atoms with Crippen molar-refractivity contribution in [2.45, 2.75) is 32.1 Å². The second-order valence-electron chi connectivity index (χ2n) is 5.19. The lowest BCUT2D eigenvalue weighted by molar-refractivity contribution is 0.624. The molecule has 0 bridgehead atoms. The highest BCUT2D eigenvalue weighted by atomic mass is 19.1. The Morgan fingerprint density at radius 3 is 2.86 bits per heavy atom. The summed E-state index contributed by atoms with van der Waals surface area (Å²) in [6.07, 6.45) is 7.13. The van der Waals surface area contributed by atoms with Gasteiger partial charge in [0.1, 0.15) is 17.4 Å². The van der Waals surface area contributed by atoms with E-state index in [4.69, 9.17) is 0 Å². The van der Waals surface area contributed by atoms with Crippen molar-refractivity contribution in [3.05, 3.63) is 51.5 Å². The number of nitriles is 1. The standard InChI is InChI=1S/C16H14FN3O/c17-13-9-19-7-6-10(13)15-11-4-2-1-3-5-14(11)20-16(21)12(15)8-18/h6-7,9H,1-5H2,(H,20,21). The van der Waals surface area contributed by atoms with Crippen LogP contribution in [0.1, 0.15) is 36.1 Å². The Balaban J connectivity index is 2.37. The number of nitrogens with zero attached hydrogens (tertiary/aromatic N) is 2. The molecule has 0 aliphatic heterocycles. The minimum atomic E-state index is -0.508. The first-order chi connectivity index (χ1) is 10.2. The highest BCUT2D eigenvalue weighted by Gasteiger charge is 2.22. The molecule has 0 fully saturated rings. The lowest BCUT2D eigenvalue weighted by atomic mass is 9.92. The summed E-state index contributed by atoms with van der Waals surface area (Å²) in [5.74, 6) is -0.508. The molecule has 3 rings (SSSR count). The van der Waals surface area contributed by atoms with E-state index in [0.717, 1.165) is 49.6 Å². The first-order valence-corrected chi connectivity index (χ1v) is 7.00. The third kappa shape index (κ3) is 2.33. The largest absolute Gasteiger partial charge is 0.325 e. The molecule has 2 heterocycles. The SMILES string of the molecule is N#Cc1c(-c2ccncc2F)c2c([nH]c1=O)CCCCC2. The Kier molecular flexibility index (Phi) is 3.53. The molecular formula is C16H14FN3O. The summed E-state index contributed by atoms with van der Waals surface area (Å²) in [6, 6.07) is 3.45. The molecule has 5 heteroatoms. The first kappa shape index (κ1) is 13.5. The zero-order chi connectivity index (χ0) is 14.8. The van der Waals surface area contributed by atoms with E-state index in [1.807, 2.05) is 6.07 Å². The molecule has 0 atom stereocenters. The van der Waals surface area contributed by atoms with Gasteiger partial charge >= 0.3 is 0 Å². The van der Waals surface area contributed by atoms with Gasteiger partial charge in [-0.25, -0.2) is 4.39 Å². The maximum Gasteiger partial charge on any atom is 0.266 e.